The Kier molecular flexibility index (Phi) is 6.92. The second kappa shape index (κ2) is 11.0. The number of thiol groups is 1. The first-order chi connectivity index (χ1) is 21.0. The number of nitrogens with one attached hydrogen (secondary N) is 1. The molecule has 3 N–H and O–H groups in total. The minimum atomic E-state index is 0.262. The van der Waals surface area contributed by atoms with E-state index in [9.17, 15) is 0 Å². The molecule has 7 aromatic rings. The van der Waals surface area contributed by atoms with Crippen LogP contribution in [0.25, 0.3) is 60.9 Å². The fourth-order valence-corrected chi connectivity index (χ4v) is 6.65. The van der Waals surface area contributed by atoms with Gasteiger partial charge in [0.1, 0.15) is 0 Å². The van der Waals surface area contributed by atoms with Gasteiger partial charge in [-0.15, -0.1) is 0 Å². The molecule has 0 saturated carbocycles. The van der Waals surface area contributed by atoms with Gasteiger partial charge in [-0.25, -0.2) is 0 Å². The van der Waals surface area contributed by atoms with Crippen LogP contribution in [0.2, 0.25) is 0 Å². The third-order valence-corrected chi connectivity index (χ3v) is 8.61. The summed E-state index contributed by atoms with van der Waals surface area (Å²) in [5.41, 5.74) is 20.0. The van der Waals surface area contributed by atoms with Crippen molar-refractivity contribution in [2.24, 2.45) is 0 Å². The molecule has 1 aromatic heterocycles. The first-order valence-corrected chi connectivity index (χ1v) is 15.1. The molecule has 0 radical (unpaired) electrons. The highest BCUT2D eigenvalue weighted by Gasteiger charge is 2.21. The summed E-state index contributed by atoms with van der Waals surface area (Å²) in [6, 6.07) is 47.3. The Labute approximate surface area is 258 Å². The summed E-state index contributed by atoms with van der Waals surface area (Å²) in [6.07, 6.45) is 0. The van der Waals surface area contributed by atoms with E-state index in [-0.39, 0.29) is 5.92 Å². The number of hydrogen-bond acceptors (Lipinski definition) is 3. The van der Waals surface area contributed by atoms with Crippen molar-refractivity contribution in [3.8, 4) is 39.1 Å². The van der Waals surface area contributed by atoms with E-state index in [4.69, 9.17) is 5.73 Å². The van der Waals surface area contributed by atoms with Crippen molar-refractivity contribution in [2.45, 2.75) is 19.8 Å². The number of fused-ring (bicyclic) bond motifs is 3. The summed E-state index contributed by atoms with van der Waals surface area (Å²) in [4.78, 5) is 0. The largest absolute Gasteiger partial charge is 0.398 e. The van der Waals surface area contributed by atoms with Gasteiger partial charge in [-0.3, -0.25) is 0 Å². The summed E-state index contributed by atoms with van der Waals surface area (Å²) < 4.78 is 5.47. The van der Waals surface area contributed by atoms with Gasteiger partial charge in [0.05, 0.1) is 16.7 Å². The second-order valence-corrected chi connectivity index (χ2v) is 11.5. The Morgan fingerprint density at radius 2 is 1.21 bits per heavy atom. The van der Waals surface area contributed by atoms with Crippen LogP contribution >= 0.6 is 12.8 Å². The fraction of sp³-hybridized carbons (Fsp3) is 0.0769. The van der Waals surface area contributed by atoms with Crippen LogP contribution in [0.5, 0.6) is 0 Å². The van der Waals surface area contributed by atoms with Crippen LogP contribution in [0, 0.1) is 0 Å². The van der Waals surface area contributed by atoms with Crippen LogP contribution in [-0.4, -0.2) is 4.57 Å². The maximum Gasteiger partial charge on any atom is 0.0541 e. The third kappa shape index (κ3) is 4.65. The van der Waals surface area contributed by atoms with E-state index in [1.165, 1.54) is 32.9 Å². The first-order valence-electron chi connectivity index (χ1n) is 14.7. The van der Waals surface area contributed by atoms with Gasteiger partial charge >= 0.3 is 0 Å². The zero-order chi connectivity index (χ0) is 29.5. The van der Waals surface area contributed by atoms with Gasteiger partial charge in [-0.1, -0.05) is 106 Å². The molecule has 0 bridgehead atoms. The molecule has 0 atom stereocenters. The van der Waals surface area contributed by atoms with Crippen molar-refractivity contribution in [1.82, 2.24) is 4.57 Å². The maximum absolute atomic E-state index is 6.62. The number of nitrogen functional groups attached to an aromatic ring is 1. The Hall–Kier alpha value is -4.93. The molecule has 0 aliphatic heterocycles. The van der Waals surface area contributed by atoms with E-state index in [1.54, 1.807) is 0 Å². The quantitative estimate of drug-likeness (QED) is 0.136. The lowest BCUT2D eigenvalue weighted by Crippen LogP contribution is -2.01. The summed E-state index contributed by atoms with van der Waals surface area (Å²) in [5.74, 6) is 0.262. The van der Waals surface area contributed by atoms with Crippen molar-refractivity contribution < 1.29 is 0 Å². The average molecular weight is 576 g/mol. The van der Waals surface area contributed by atoms with Crippen molar-refractivity contribution in [1.29, 1.82) is 0 Å². The maximum atomic E-state index is 6.62. The highest BCUT2D eigenvalue weighted by atomic mass is 32.1. The topological polar surface area (TPSA) is 43.0 Å². The van der Waals surface area contributed by atoms with Crippen molar-refractivity contribution >= 4 is 46.0 Å². The molecule has 0 unspecified atom stereocenters. The number of anilines is 2. The summed E-state index contributed by atoms with van der Waals surface area (Å²) in [6.45, 7) is 4.50. The van der Waals surface area contributed by atoms with E-state index >= 15 is 0 Å². The van der Waals surface area contributed by atoms with Crippen LogP contribution in [0.1, 0.15) is 25.3 Å². The SMILES string of the molecule is CC(C)c1c(-c2ccccc2N)cc(-c2ccc3c(c2)c2ccccc2n3-c2ccccc2)cc1-c1ccccc1NS. The summed E-state index contributed by atoms with van der Waals surface area (Å²) >= 11 is 4.46. The Morgan fingerprint density at radius 1 is 0.581 bits per heavy atom. The molecule has 1 heterocycles. The summed E-state index contributed by atoms with van der Waals surface area (Å²) in [7, 11) is 0. The van der Waals surface area contributed by atoms with Crippen LogP contribution in [0.4, 0.5) is 11.4 Å². The number of rotatable bonds is 6. The zero-order valence-corrected chi connectivity index (χ0v) is 25.1. The van der Waals surface area contributed by atoms with Gasteiger partial charge < -0.3 is 15.0 Å². The fourth-order valence-electron chi connectivity index (χ4n) is 6.45. The molecular formula is C39H33N3S. The van der Waals surface area contributed by atoms with Crippen molar-refractivity contribution in [3.05, 3.63) is 139 Å². The van der Waals surface area contributed by atoms with Crippen LogP contribution in [0.15, 0.2) is 133 Å². The molecule has 7 rings (SSSR count). The van der Waals surface area contributed by atoms with Crippen LogP contribution < -0.4 is 10.5 Å². The van der Waals surface area contributed by atoms with Gasteiger partial charge in [-0.05, 0) is 88.3 Å². The lowest BCUT2D eigenvalue weighted by atomic mass is 9.82. The van der Waals surface area contributed by atoms with Crippen LogP contribution in [0.3, 0.4) is 0 Å². The average Bonchev–Trinajstić information content (AvgIpc) is 3.38. The molecule has 0 aliphatic carbocycles. The van der Waals surface area contributed by atoms with E-state index in [0.717, 1.165) is 44.9 Å². The van der Waals surface area contributed by atoms with E-state index < -0.39 is 0 Å². The molecule has 0 amide bonds. The molecule has 0 fully saturated rings. The minimum Gasteiger partial charge on any atom is -0.398 e. The molecule has 0 spiro atoms. The minimum absolute atomic E-state index is 0.262. The molecule has 6 aromatic carbocycles. The molecule has 210 valence electrons. The van der Waals surface area contributed by atoms with E-state index in [0.29, 0.717) is 0 Å². The van der Waals surface area contributed by atoms with Gasteiger partial charge in [0.25, 0.3) is 0 Å². The Morgan fingerprint density at radius 3 is 1.95 bits per heavy atom. The Balaban J connectivity index is 1.54. The number of para-hydroxylation sites is 4. The third-order valence-electron chi connectivity index (χ3n) is 8.37. The van der Waals surface area contributed by atoms with E-state index in [2.05, 4.69) is 151 Å². The molecule has 43 heavy (non-hydrogen) atoms. The Bertz CT molecular complexity index is 2110. The van der Waals surface area contributed by atoms with Crippen molar-refractivity contribution in [3.63, 3.8) is 0 Å². The normalized spacial score (nSPS) is 11.4. The van der Waals surface area contributed by atoms with Gasteiger partial charge in [0.2, 0.25) is 0 Å². The molecule has 0 saturated heterocycles. The first kappa shape index (κ1) is 26.9. The predicted octanol–water partition coefficient (Wildman–Crippen LogP) is 10.7. The summed E-state index contributed by atoms with van der Waals surface area (Å²) in [5, 5.41) is 2.46. The molecule has 3 nitrogen and oxygen atoms in total. The second-order valence-electron chi connectivity index (χ2n) is 11.3. The van der Waals surface area contributed by atoms with Gasteiger partial charge in [0, 0.05) is 33.3 Å². The molecule has 0 aliphatic rings. The van der Waals surface area contributed by atoms with E-state index in [1.807, 2.05) is 18.2 Å². The monoisotopic (exact) mass is 575 g/mol. The van der Waals surface area contributed by atoms with Gasteiger partial charge in [0.15, 0.2) is 0 Å². The zero-order valence-electron chi connectivity index (χ0n) is 24.3. The van der Waals surface area contributed by atoms with Crippen LogP contribution in [-0.2, 0) is 0 Å². The van der Waals surface area contributed by atoms with Crippen molar-refractivity contribution in [2.75, 3.05) is 10.5 Å². The standard InChI is InChI=1S/C39H33N3S/c1-25(2)39-33(29-14-6-9-17-35(29)40)23-27(24-34(39)30-15-7-10-18-36(30)41-43)26-20-21-38-32(22-26)31-16-8-11-19-37(31)42(38)28-12-4-3-5-13-28/h3-25,41,43H,40H2,1-2H3. The highest BCUT2D eigenvalue weighted by molar-refractivity contribution is 7.81. The number of benzene rings is 6. The highest BCUT2D eigenvalue weighted by Crippen LogP contribution is 2.45. The molecular weight excluding hydrogens is 543 g/mol. The smallest absolute Gasteiger partial charge is 0.0541 e. The van der Waals surface area contributed by atoms with Gasteiger partial charge in [-0.2, -0.15) is 0 Å². The number of aromatic nitrogens is 1. The number of hydrogen-bond donors (Lipinski definition) is 3. The predicted molar refractivity (Wildman–Crippen MR) is 188 cm³/mol. The lowest BCUT2D eigenvalue weighted by Gasteiger charge is -2.23. The number of nitrogens with zero attached hydrogens (tertiary/aromatic N) is 1. The molecule has 4 heteroatoms. The number of nitrogens with two attached hydrogens (primary N) is 1. The lowest BCUT2D eigenvalue weighted by molar-refractivity contribution is 0.871.